The van der Waals surface area contributed by atoms with Gasteiger partial charge in [-0.25, -0.2) is 14.8 Å². The number of aromatic amines is 1. The first kappa shape index (κ1) is 14.6. The number of H-pyrrole nitrogens is 1. The number of carbonyl (C=O) groups is 1. The third-order valence-corrected chi connectivity index (χ3v) is 4.52. The highest BCUT2D eigenvalue weighted by Crippen LogP contribution is 2.28. The summed E-state index contributed by atoms with van der Waals surface area (Å²) in [6.07, 6.45) is 4.11. The zero-order valence-corrected chi connectivity index (χ0v) is 13.1. The van der Waals surface area contributed by atoms with Crippen LogP contribution in [0.3, 0.4) is 0 Å². The number of nitrogens with one attached hydrogen (secondary N) is 1. The normalized spacial score (nSPS) is 21.9. The van der Waals surface area contributed by atoms with Gasteiger partial charge in [0, 0.05) is 26.3 Å². The second kappa shape index (κ2) is 5.82. The molecule has 118 valence electrons. The fourth-order valence-electron chi connectivity index (χ4n) is 3.14. The summed E-state index contributed by atoms with van der Waals surface area (Å²) in [6.45, 7) is 3.59. The first-order valence-electron chi connectivity index (χ1n) is 7.45. The molecule has 1 aliphatic rings. The molecule has 0 aliphatic carbocycles. The second-order valence-corrected chi connectivity index (χ2v) is 5.80. The predicted octanol–water partition coefficient (Wildman–Crippen LogP) is 1.87. The van der Waals surface area contributed by atoms with Crippen molar-refractivity contribution >= 4 is 22.9 Å². The minimum atomic E-state index is -0.264. The highest BCUT2D eigenvalue weighted by atomic mass is 16.5. The highest BCUT2D eigenvalue weighted by Gasteiger charge is 2.33. The van der Waals surface area contributed by atoms with E-state index in [0.29, 0.717) is 12.5 Å². The number of ether oxygens (including phenoxy) is 1. The number of aromatic nitrogens is 3. The standard InChI is InChI=1S/C15H21N5O2/c1-10-5-7-20(15(21)22-3)8-12(10)19(2)14-11-4-6-16-13(11)17-9-18-14/h4,6,9-10,12H,5,7-8H2,1-3H3,(H,16,17,18)/t10-,12+/m1/s1. The summed E-state index contributed by atoms with van der Waals surface area (Å²) in [5, 5.41) is 0.993. The van der Waals surface area contributed by atoms with Crippen molar-refractivity contribution in [1.82, 2.24) is 19.9 Å². The summed E-state index contributed by atoms with van der Waals surface area (Å²) in [4.78, 5) is 27.5. The van der Waals surface area contributed by atoms with Gasteiger partial charge in [-0.05, 0) is 18.4 Å². The van der Waals surface area contributed by atoms with Crippen LogP contribution in [0.5, 0.6) is 0 Å². The number of amides is 1. The monoisotopic (exact) mass is 303 g/mol. The molecule has 1 saturated heterocycles. The van der Waals surface area contributed by atoms with Crippen LogP contribution in [0.2, 0.25) is 0 Å². The Kier molecular flexibility index (Phi) is 3.87. The Bertz CT molecular complexity index is 671. The van der Waals surface area contributed by atoms with Crippen molar-refractivity contribution in [1.29, 1.82) is 0 Å². The zero-order chi connectivity index (χ0) is 15.7. The average molecular weight is 303 g/mol. The van der Waals surface area contributed by atoms with E-state index in [-0.39, 0.29) is 12.1 Å². The Balaban J connectivity index is 1.88. The van der Waals surface area contributed by atoms with Crippen LogP contribution >= 0.6 is 0 Å². The number of rotatable bonds is 2. The summed E-state index contributed by atoms with van der Waals surface area (Å²) in [6, 6.07) is 2.17. The Morgan fingerprint density at radius 1 is 1.50 bits per heavy atom. The van der Waals surface area contributed by atoms with Gasteiger partial charge in [0.15, 0.2) is 0 Å². The number of hydrogen-bond acceptors (Lipinski definition) is 5. The number of likely N-dealkylation sites (tertiary alicyclic amines) is 1. The molecule has 3 rings (SSSR count). The zero-order valence-electron chi connectivity index (χ0n) is 13.1. The van der Waals surface area contributed by atoms with Crippen molar-refractivity contribution in [3.8, 4) is 0 Å². The first-order valence-corrected chi connectivity index (χ1v) is 7.45. The quantitative estimate of drug-likeness (QED) is 0.916. The predicted molar refractivity (Wildman–Crippen MR) is 83.8 cm³/mol. The molecule has 0 spiro atoms. The van der Waals surface area contributed by atoms with Crippen molar-refractivity contribution in [3.63, 3.8) is 0 Å². The lowest BCUT2D eigenvalue weighted by atomic mass is 9.92. The van der Waals surface area contributed by atoms with Crippen LogP contribution in [0, 0.1) is 5.92 Å². The van der Waals surface area contributed by atoms with Gasteiger partial charge in [-0.15, -0.1) is 0 Å². The molecular weight excluding hydrogens is 282 g/mol. The van der Waals surface area contributed by atoms with Crippen LogP contribution in [0.1, 0.15) is 13.3 Å². The van der Waals surface area contributed by atoms with Gasteiger partial charge in [0.2, 0.25) is 0 Å². The topological polar surface area (TPSA) is 74.3 Å². The van der Waals surface area contributed by atoms with Crippen LogP contribution in [0.25, 0.3) is 11.0 Å². The van der Waals surface area contributed by atoms with E-state index in [0.717, 1.165) is 29.8 Å². The molecule has 2 aromatic rings. The molecule has 1 amide bonds. The number of piperidine rings is 1. The third-order valence-electron chi connectivity index (χ3n) is 4.52. The Labute approximate surface area is 129 Å². The number of fused-ring (bicyclic) bond motifs is 1. The number of hydrogen-bond donors (Lipinski definition) is 1. The lowest BCUT2D eigenvalue weighted by Gasteiger charge is -2.41. The van der Waals surface area contributed by atoms with Crippen molar-refractivity contribution < 1.29 is 9.53 Å². The molecule has 0 radical (unpaired) electrons. The maximum absolute atomic E-state index is 11.8. The molecule has 2 aromatic heterocycles. The van der Waals surface area contributed by atoms with E-state index in [1.54, 1.807) is 11.2 Å². The van der Waals surface area contributed by atoms with E-state index in [1.807, 2.05) is 19.3 Å². The van der Waals surface area contributed by atoms with Crippen LogP contribution < -0.4 is 4.90 Å². The molecule has 0 bridgehead atoms. The van der Waals surface area contributed by atoms with Crippen molar-refractivity contribution in [2.75, 3.05) is 32.1 Å². The number of likely N-dealkylation sites (N-methyl/N-ethyl adjacent to an activating group) is 1. The van der Waals surface area contributed by atoms with E-state index >= 15 is 0 Å². The van der Waals surface area contributed by atoms with E-state index < -0.39 is 0 Å². The summed E-state index contributed by atoms with van der Waals surface area (Å²) in [5.74, 6) is 1.35. The van der Waals surface area contributed by atoms with Crippen LogP contribution in [0.4, 0.5) is 10.6 Å². The fraction of sp³-hybridized carbons (Fsp3) is 0.533. The molecular formula is C15H21N5O2. The lowest BCUT2D eigenvalue weighted by molar-refractivity contribution is 0.101. The summed E-state index contributed by atoms with van der Waals surface area (Å²) in [5.41, 5.74) is 0.824. The molecule has 0 saturated carbocycles. The average Bonchev–Trinajstić information content (AvgIpc) is 3.02. The highest BCUT2D eigenvalue weighted by molar-refractivity contribution is 5.87. The van der Waals surface area contributed by atoms with Crippen LogP contribution in [0.15, 0.2) is 18.6 Å². The van der Waals surface area contributed by atoms with Gasteiger partial charge in [0.25, 0.3) is 0 Å². The Hall–Kier alpha value is -2.31. The Morgan fingerprint density at radius 2 is 2.32 bits per heavy atom. The van der Waals surface area contributed by atoms with Crippen molar-refractivity contribution in [3.05, 3.63) is 18.6 Å². The van der Waals surface area contributed by atoms with Gasteiger partial charge in [0.1, 0.15) is 17.8 Å². The van der Waals surface area contributed by atoms with Crippen LogP contribution in [-0.4, -0.2) is 59.2 Å². The molecule has 0 aromatic carbocycles. The molecule has 7 heteroatoms. The third kappa shape index (κ3) is 2.47. The minimum absolute atomic E-state index is 0.195. The van der Waals surface area contributed by atoms with Crippen molar-refractivity contribution in [2.45, 2.75) is 19.4 Å². The maximum atomic E-state index is 11.8. The first-order chi connectivity index (χ1) is 10.6. The molecule has 3 heterocycles. The SMILES string of the molecule is COC(=O)N1CC[C@@H](C)[C@@H](N(C)c2ncnc3[nH]ccc23)C1. The van der Waals surface area contributed by atoms with Gasteiger partial charge < -0.3 is 19.5 Å². The molecule has 1 N–H and O–H groups in total. The second-order valence-electron chi connectivity index (χ2n) is 5.80. The number of anilines is 1. The maximum Gasteiger partial charge on any atom is 0.409 e. The Morgan fingerprint density at radius 3 is 3.09 bits per heavy atom. The van der Waals surface area contributed by atoms with Gasteiger partial charge >= 0.3 is 6.09 Å². The number of nitrogens with zero attached hydrogens (tertiary/aromatic N) is 4. The van der Waals surface area contributed by atoms with Gasteiger partial charge in [0.05, 0.1) is 18.5 Å². The van der Waals surface area contributed by atoms with Crippen molar-refractivity contribution in [2.24, 2.45) is 5.92 Å². The van der Waals surface area contributed by atoms with Gasteiger partial charge in [-0.1, -0.05) is 6.92 Å². The number of methoxy groups -OCH3 is 1. The molecule has 2 atom stereocenters. The summed E-state index contributed by atoms with van der Waals surface area (Å²) < 4.78 is 4.85. The summed E-state index contributed by atoms with van der Waals surface area (Å²) in [7, 11) is 3.45. The largest absolute Gasteiger partial charge is 0.453 e. The molecule has 7 nitrogen and oxygen atoms in total. The van der Waals surface area contributed by atoms with E-state index in [4.69, 9.17) is 4.74 Å². The molecule has 0 unspecified atom stereocenters. The van der Waals surface area contributed by atoms with E-state index in [1.165, 1.54) is 7.11 Å². The van der Waals surface area contributed by atoms with E-state index in [2.05, 4.69) is 26.8 Å². The fourth-order valence-corrected chi connectivity index (χ4v) is 3.14. The number of carbonyl (C=O) groups excluding carboxylic acids is 1. The molecule has 1 fully saturated rings. The van der Waals surface area contributed by atoms with Gasteiger partial charge in [-0.3, -0.25) is 0 Å². The van der Waals surface area contributed by atoms with E-state index in [9.17, 15) is 4.79 Å². The van der Waals surface area contributed by atoms with Crippen LogP contribution in [-0.2, 0) is 4.74 Å². The molecule has 22 heavy (non-hydrogen) atoms. The molecule has 1 aliphatic heterocycles. The van der Waals surface area contributed by atoms with Gasteiger partial charge in [-0.2, -0.15) is 0 Å². The minimum Gasteiger partial charge on any atom is -0.453 e. The lowest BCUT2D eigenvalue weighted by Crippen LogP contribution is -2.52. The summed E-state index contributed by atoms with van der Waals surface area (Å²) >= 11 is 0. The smallest absolute Gasteiger partial charge is 0.409 e.